The van der Waals surface area contributed by atoms with Crippen molar-refractivity contribution in [2.24, 2.45) is 16.6 Å². The molecule has 0 aliphatic heterocycles. The number of nitrogens with zero attached hydrogens (tertiary/aromatic N) is 1. The zero-order valence-corrected chi connectivity index (χ0v) is 4.19. The Balaban J connectivity index is 4.03. The fraction of sp³-hybridized carbons (Fsp3) is 0.333. The molecule has 5 heteroatoms. The minimum Gasteiger partial charge on any atom is -0.380 e. The molecule has 46 valence electrons. The van der Waals surface area contributed by atoms with E-state index in [0.717, 1.165) is 0 Å². The van der Waals surface area contributed by atoms with Crippen LogP contribution in [0.5, 0.6) is 0 Å². The van der Waals surface area contributed by atoms with Gasteiger partial charge >= 0.3 is 0 Å². The van der Waals surface area contributed by atoms with Crippen molar-refractivity contribution < 1.29 is 4.39 Å². The summed E-state index contributed by atoms with van der Waals surface area (Å²) in [4.78, 5) is 0. The lowest BCUT2D eigenvalue weighted by Crippen LogP contribution is -2.05. The molecule has 0 rings (SSSR count). The second-order valence-corrected chi connectivity index (χ2v) is 1.11. The fourth-order valence-electron chi connectivity index (χ4n) is 0.165. The van der Waals surface area contributed by atoms with E-state index in [1.807, 2.05) is 0 Å². The van der Waals surface area contributed by atoms with E-state index in [-0.39, 0.29) is 6.54 Å². The van der Waals surface area contributed by atoms with Gasteiger partial charge in [-0.2, -0.15) is 0 Å². The molecule has 8 heavy (non-hydrogen) atoms. The molecular formula is C3H7FN4. The first kappa shape index (κ1) is 7.03. The normalized spacial score (nSPS) is 12.8. The van der Waals surface area contributed by atoms with Crippen molar-refractivity contribution in [1.82, 2.24) is 0 Å². The summed E-state index contributed by atoms with van der Waals surface area (Å²) in [6.45, 7) is -0.297. The van der Waals surface area contributed by atoms with Gasteiger partial charge in [-0.25, -0.2) is 9.92 Å². The lowest BCUT2D eigenvalue weighted by molar-refractivity contribution is 0.598. The molecule has 0 bridgehead atoms. The van der Waals surface area contributed by atoms with Gasteiger partial charge in [0.05, 0.1) is 0 Å². The summed E-state index contributed by atoms with van der Waals surface area (Å²) in [7, 11) is 0. The van der Waals surface area contributed by atoms with Gasteiger partial charge in [0.1, 0.15) is 0 Å². The lowest BCUT2D eigenvalue weighted by Gasteiger charge is -1.89. The van der Waals surface area contributed by atoms with E-state index in [9.17, 15) is 4.39 Å². The van der Waals surface area contributed by atoms with Gasteiger partial charge in [0.2, 0.25) is 0 Å². The monoisotopic (exact) mass is 118 g/mol. The average Bonchev–Trinajstić information content (AvgIpc) is 1.84. The maximum Gasteiger partial charge on any atom is 0.178 e. The second kappa shape index (κ2) is 3.09. The fourth-order valence-corrected chi connectivity index (χ4v) is 0.165. The van der Waals surface area contributed by atoms with E-state index in [0.29, 0.717) is 0 Å². The zero-order valence-electron chi connectivity index (χ0n) is 4.19. The van der Waals surface area contributed by atoms with Gasteiger partial charge in [-0.3, -0.25) is 0 Å². The highest BCUT2D eigenvalue weighted by molar-refractivity contribution is 5.01. The van der Waals surface area contributed by atoms with Crippen molar-refractivity contribution in [3.8, 4) is 0 Å². The number of nitrogens with two attached hydrogens (primary N) is 2. The van der Waals surface area contributed by atoms with Crippen LogP contribution in [0, 0.1) is 5.53 Å². The van der Waals surface area contributed by atoms with Crippen molar-refractivity contribution >= 4 is 0 Å². The molecule has 0 radical (unpaired) electrons. The van der Waals surface area contributed by atoms with Gasteiger partial charge in [0.25, 0.3) is 0 Å². The first-order valence-corrected chi connectivity index (χ1v) is 1.94. The number of hydrogen-bond donors (Lipinski definition) is 3. The SMILES string of the molecule is N=N/C(N)=C(\F)CN. The molecule has 5 N–H and O–H groups in total. The molecule has 0 saturated carbocycles. The molecule has 0 fully saturated rings. The molecule has 0 unspecified atom stereocenters. The number of rotatable bonds is 2. The minimum absolute atomic E-state index is 0.297. The quantitative estimate of drug-likeness (QED) is 0.448. The molecule has 0 saturated heterocycles. The van der Waals surface area contributed by atoms with Crippen LogP contribution in [0.3, 0.4) is 0 Å². The van der Waals surface area contributed by atoms with E-state index in [1.54, 1.807) is 0 Å². The predicted molar refractivity (Wildman–Crippen MR) is 26.5 cm³/mol. The van der Waals surface area contributed by atoms with Crippen molar-refractivity contribution in [3.05, 3.63) is 11.6 Å². The predicted octanol–water partition coefficient (Wildman–Crippen LogP) is 0.0734. The molecule has 0 amide bonds. The molecule has 0 aliphatic rings. The summed E-state index contributed by atoms with van der Waals surface area (Å²) in [5.41, 5.74) is 15.8. The van der Waals surface area contributed by atoms with E-state index in [1.165, 1.54) is 0 Å². The van der Waals surface area contributed by atoms with Gasteiger partial charge in [0, 0.05) is 6.54 Å². The first-order valence-electron chi connectivity index (χ1n) is 1.94. The summed E-state index contributed by atoms with van der Waals surface area (Å²) in [6, 6.07) is 0. The van der Waals surface area contributed by atoms with Crippen LogP contribution in [0.2, 0.25) is 0 Å². The Morgan fingerprint density at radius 2 is 2.25 bits per heavy atom. The Bertz CT molecular complexity index is 118. The molecular weight excluding hydrogens is 111 g/mol. The van der Waals surface area contributed by atoms with Crippen LogP contribution < -0.4 is 11.5 Å². The van der Waals surface area contributed by atoms with E-state index in [2.05, 4.69) is 5.11 Å². The molecule has 0 aliphatic carbocycles. The third-order valence-electron chi connectivity index (χ3n) is 0.578. The molecule has 0 spiro atoms. The van der Waals surface area contributed by atoms with Crippen LogP contribution in [0.25, 0.3) is 0 Å². The van der Waals surface area contributed by atoms with Gasteiger partial charge < -0.3 is 11.5 Å². The van der Waals surface area contributed by atoms with Crippen LogP contribution in [0.4, 0.5) is 4.39 Å². The average molecular weight is 118 g/mol. The van der Waals surface area contributed by atoms with Gasteiger partial charge in [-0.15, -0.1) is 5.11 Å². The van der Waals surface area contributed by atoms with Gasteiger partial charge in [-0.1, -0.05) is 0 Å². The number of halogens is 1. The largest absolute Gasteiger partial charge is 0.380 e. The third kappa shape index (κ3) is 1.65. The first-order chi connectivity index (χ1) is 3.72. The number of nitrogens with one attached hydrogen (secondary N) is 1. The Hall–Kier alpha value is -0.970. The van der Waals surface area contributed by atoms with Crippen molar-refractivity contribution in [1.29, 1.82) is 5.53 Å². The van der Waals surface area contributed by atoms with Crippen molar-refractivity contribution in [3.63, 3.8) is 0 Å². The summed E-state index contributed by atoms with van der Waals surface area (Å²) >= 11 is 0. The standard InChI is InChI=1S/C3H7FN4/c4-2(1-5)3(6)8-7/h7H,1,5-6H2/b3-2-,8-7?. The summed E-state index contributed by atoms with van der Waals surface area (Å²) in [5, 5.41) is 2.61. The van der Waals surface area contributed by atoms with Crippen LogP contribution in [0.15, 0.2) is 16.8 Å². The van der Waals surface area contributed by atoms with E-state index < -0.39 is 11.6 Å². The highest BCUT2D eigenvalue weighted by atomic mass is 19.1. The molecule has 0 heterocycles. The van der Waals surface area contributed by atoms with Crippen LogP contribution >= 0.6 is 0 Å². The smallest absolute Gasteiger partial charge is 0.178 e. The maximum absolute atomic E-state index is 11.9. The lowest BCUT2D eigenvalue weighted by atomic mass is 10.5. The van der Waals surface area contributed by atoms with Crippen LogP contribution in [-0.4, -0.2) is 6.54 Å². The molecule has 0 atom stereocenters. The van der Waals surface area contributed by atoms with Crippen molar-refractivity contribution in [2.45, 2.75) is 0 Å². The summed E-state index contributed by atoms with van der Waals surface area (Å²) in [5.74, 6) is -1.20. The Morgan fingerprint density at radius 1 is 1.75 bits per heavy atom. The molecule has 4 nitrogen and oxygen atoms in total. The van der Waals surface area contributed by atoms with E-state index >= 15 is 0 Å². The third-order valence-corrected chi connectivity index (χ3v) is 0.578. The Kier molecular flexibility index (Phi) is 2.71. The summed E-state index contributed by atoms with van der Waals surface area (Å²) < 4.78 is 11.9. The molecule has 0 aromatic rings. The highest BCUT2D eigenvalue weighted by Crippen LogP contribution is 1.97. The molecule has 0 aromatic heterocycles. The summed E-state index contributed by atoms with van der Waals surface area (Å²) in [6.07, 6.45) is 0. The highest BCUT2D eigenvalue weighted by Gasteiger charge is 1.95. The maximum atomic E-state index is 11.9. The van der Waals surface area contributed by atoms with Gasteiger partial charge in [0.15, 0.2) is 11.6 Å². The van der Waals surface area contributed by atoms with Gasteiger partial charge in [-0.05, 0) is 0 Å². The topological polar surface area (TPSA) is 88.2 Å². The zero-order chi connectivity index (χ0) is 6.57. The second-order valence-electron chi connectivity index (χ2n) is 1.11. The van der Waals surface area contributed by atoms with E-state index in [4.69, 9.17) is 17.0 Å². The van der Waals surface area contributed by atoms with Crippen LogP contribution in [-0.2, 0) is 0 Å². The van der Waals surface area contributed by atoms with Crippen molar-refractivity contribution in [2.75, 3.05) is 6.54 Å². The Morgan fingerprint density at radius 3 is 2.38 bits per heavy atom. The van der Waals surface area contributed by atoms with Crippen LogP contribution in [0.1, 0.15) is 0 Å². The Labute approximate surface area is 45.9 Å². The molecule has 0 aromatic carbocycles. The number of hydrogen-bond acceptors (Lipinski definition) is 4. The minimum atomic E-state index is -0.750.